The molecule has 1 amide bonds. The average Bonchev–Trinajstić information content (AvgIpc) is 3.14. The number of hydrazone groups is 1. The van der Waals surface area contributed by atoms with Gasteiger partial charge in [0.25, 0.3) is 5.91 Å². The van der Waals surface area contributed by atoms with E-state index in [4.69, 9.17) is 9.47 Å². The predicted octanol–water partition coefficient (Wildman–Crippen LogP) is 5.78. The van der Waals surface area contributed by atoms with Crippen molar-refractivity contribution in [1.29, 1.82) is 0 Å². The molecule has 0 unspecified atom stereocenters. The molecule has 0 aliphatic carbocycles. The summed E-state index contributed by atoms with van der Waals surface area (Å²) in [5, 5.41) is 3.87. The maximum Gasteiger partial charge on any atom is 0.280 e. The lowest BCUT2D eigenvalue weighted by molar-refractivity contribution is -0.114. The van der Waals surface area contributed by atoms with E-state index in [1.807, 2.05) is 30.3 Å². The van der Waals surface area contributed by atoms with E-state index < -0.39 is 40.7 Å². The molecule has 0 N–H and O–H groups in total. The van der Waals surface area contributed by atoms with Crippen LogP contribution in [0.25, 0.3) is 6.08 Å². The van der Waals surface area contributed by atoms with Gasteiger partial charge in [0.05, 0.1) is 18.4 Å². The first-order valence-corrected chi connectivity index (χ1v) is 10.2. The predicted molar refractivity (Wildman–Crippen MR) is 119 cm³/mol. The van der Waals surface area contributed by atoms with Crippen molar-refractivity contribution in [3.63, 3.8) is 0 Å². The largest absolute Gasteiger partial charge is 0.493 e. The van der Waals surface area contributed by atoms with E-state index in [-0.39, 0.29) is 16.3 Å². The molecule has 0 saturated heterocycles. The monoisotopic (exact) mass is 488 g/mol. The fraction of sp³-hybridized carbons (Fsp3) is 0.120. The quantitative estimate of drug-likeness (QED) is 0.191. The second kappa shape index (κ2) is 9.57. The third kappa shape index (κ3) is 4.46. The van der Waals surface area contributed by atoms with Crippen LogP contribution in [-0.2, 0) is 11.4 Å². The number of benzene rings is 3. The molecule has 0 fully saturated rings. The summed E-state index contributed by atoms with van der Waals surface area (Å²) in [6.45, 7) is 1.66. The van der Waals surface area contributed by atoms with E-state index in [1.165, 1.54) is 20.1 Å². The van der Waals surface area contributed by atoms with Crippen LogP contribution in [0.4, 0.5) is 27.6 Å². The van der Waals surface area contributed by atoms with Crippen LogP contribution in [0.3, 0.4) is 0 Å². The van der Waals surface area contributed by atoms with Crippen molar-refractivity contribution in [2.24, 2.45) is 5.10 Å². The summed E-state index contributed by atoms with van der Waals surface area (Å²) in [6, 6.07) is 14.2. The van der Waals surface area contributed by atoms with Gasteiger partial charge in [-0.2, -0.15) is 10.1 Å². The van der Waals surface area contributed by atoms with Crippen molar-refractivity contribution in [3.8, 4) is 11.5 Å². The molecule has 3 aromatic carbocycles. The number of amides is 1. The third-order valence-electron chi connectivity index (χ3n) is 5.20. The summed E-state index contributed by atoms with van der Waals surface area (Å²) in [7, 11) is 1.43. The Bertz CT molecular complexity index is 1340. The maximum atomic E-state index is 14.2. The first-order valence-electron chi connectivity index (χ1n) is 10.2. The summed E-state index contributed by atoms with van der Waals surface area (Å²) < 4.78 is 80.2. The number of anilines is 1. The standard InChI is InChI=1S/C25H17F5N2O3/c1-13-16(25(33)32(31-13)24-22(29)20(27)19(26)21(28)23(24)30)10-15-8-9-17(18(11-15)34-2)35-12-14-6-4-3-5-7-14/h3-11H,12H2,1-2H3/b16-10+. The topological polar surface area (TPSA) is 51.1 Å². The highest BCUT2D eigenvalue weighted by atomic mass is 19.2. The zero-order valence-corrected chi connectivity index (χ0v) is 18.4. The van der Waals surface area contributed by atoms with E-state index >= 15 is 0 Å². The second-order valence-corrected chi connectivity index (χ2v) is 7.46. The van der Waals surface area contributed by atoms with Gasteiger partial charge in [-0.1, -0.05) is 36.4 Å². The molecule has 35 heavy (non-hydrogen) atoms. The van der Waals surface area contributed by atoms with Crippen LogP contribution in [0, 0.1) is 29.1 Å². The van der Waals surface area contributed by atoms with Gasteiger partial charge in [-0.15, -0.1) is 0 Å². The van der Waals surface area contributed by atoms with E-state index in [9.17, 15) is 26.7 Å². The molecule has 5 nitrogen and oxygen atoms in total. The number of hydrogen-bond acceptors (Lipinski definition) is 4. The maximum absolute atomic E-state index is 14.2. The van der Waals surface area contributed by atoms with Crippen molar-refractivity contribution >= 4 is 23.4 Å². The van der Waals surface area contributed by atoms with Crippen molar-refractivity contribution in [2.75, 3.05) is 12.1 Å². The highest BCUT2D eigenvalue weighted by Gasteiger charge is 2.37. The van der Waals surface area contributed by atoms with Crippen molar-refractivity contribution in [2.45, 2.75) is 13.5 Å². The fourth-order valence-corrected chi connectivity index (χ4v) is 3.41. The molecule has 1 aliphatic rings. The number of ether oxygens (including phenoxy) is 2. The Kier molecular flexibility index (Phi) is 6.54. The minimum Gasteiger partial charge on any atom is -0.493 e. The summed E-state index contributed by atoms with van der Waals surface area (Å²) in [4.78, 5) is 12.8. The number of nitrogens with zero attached hydrogens (tertiary/aromatic N) is 2. The molecule has 1 heterocycles. The Morgan fingerprint density at radius 2 is 1.51 bits per heavy atom. The highest BCUT2D eigenvalue weighted by Crippen LogP contribution is 2.35. The molecule has 3 aromatic rings. The normalized spacial score (nSPS) is 14.5. The van der Waals surface area contributed by atoms with E-state index in [0.29, 0.717) is 23.7 Å². The van der Waals surface area contributed by atoms with E-state index in [1.54, 1.807) is 18.2 Å². The number of hydrogen-bond donors (Lipinski definition) is 0. The van der Waals surface area contributed by atoms with Gasteiger partial charge in [-0.25, -0.2) is 22.0 Å². The van der Waals surface area contributed by atoms with Gasteiger partial charge >= 0.3 is 0 Å². The molecular weight excluding hydrogens is 471 g/mol. The highest BCUT2D eigenvalue weighted by molar-refractivity contribution is 6.32. The molecule has 180 valence electrons. The lowest BCUT2D eigenvalue weighted by Crippen LogP contribution is -2.25. The van der Waals surface area contributed by atoms with Gasteiger partial charge in [0.1, 0.15) is 12.3 Å². The summed E-state index contributed by atoms with van der Waals surface area (Å²) in [5.41, 5.74) is -0.143. The molecule has 0 saturated carbocycles. The van der Waals surface area contributed by atoms with Crippen molar-refractivity contribution < 1.29 is 36.2 Å². The summed E-state index contributed by atoms with van der Waals surface area (Å²) >= 11 is 0. The van der Waals surface area contributed by atoms with Crippen molar-refractivity contribution in [3.05, 3.63) is 94.3 Å². The van der Waals surface area contributed by atoms with Crippen LogP contribution < -0.4 is 14.5 Å². The molecular formula is C25H17F5N2O3. The molecule has 0 spiro atoms. The first-order chi connectivity index (χ1) is 16.7. The Hall–Kier alpha value is -4.21. The Labute approximate surface area is 196 Å². The van der Waals surface area contributed by atoms with Gasteiger partial charge in [-0.05, 0) is 36.3 Å². The SMILES string of the molecule is COc1cc(/C=C2/C(=O)N(c3c(F)c(F)c(F)c(F)c3F)N=C2C)ccc1OCc1ccccc1. The van der Waals surface area contributed by atoms with Crippen LogP contribution in [-0.4, -0.2) is 18.7 Å². The lowest BCUT2D eigenvalue weighted by Gasteiger charge is -2.15. The minimum absolute atomic E-state index is 0.0160. The molecule has 0 aromatic heterocycles. The summed E-state index contributed by atoms with van der Waals surface area (Å²) in [6.07, 6.45) is 1.36. The van der Waals surface area contributed by atoms with Crippen molar-refractivity contribution in [1.82, 2.24) is 0 Å². The average molecular weight is 488 g/mol. The van der Waals surface area contributed by atoms with Gasteiger partial charge < -0.3 is 9.47 Å². The Morgan fingerprint density at radius 1 is 0.886 bits per heavy atom. The molecule has 0 radical (unpaired) electrons. The van der Waals surface area contributed by atoms with Crippen LogP contribution in [0.2, 0.25) is 0 Å². The van der Waals surface area contributed by atoms with E-state index in [2.05, 4.69) is 5.10 Å². The van der Waals surface area contributed by atoms with Crippen LogP contribution in [0.15, 0.2) is 59.2 Å². The zero-order chi connectivity index (χ0) is 25.3. The molecule has 1 aliphatic heterocycles. The Morgan fingerprint density at radius 3 is 2.14 bits per heavy atom. The first kappa shape index (κ1) is 23.9. The van der Waals surface area contributed by atoms with Gasteiger partial charge in [0.15, 0.2) is 34.8 Å². The minimum atomic E-state index is -2.33. The third-order valence-corrected chi connectivity index (χ3v) is 5.20. The Balaban J connectivity index is 1.62. The second-order valence-electron chi connectivity index (χ2n) is 7.46. The number of rotatable bonds is 6. The molecule has 10 heteroatoms. The number of methoxy groups -OCH3 is 1. The van der Waals surface area contributed by atoms with Crippen LogP contribution in [0.1, 0.15) is 18.1 Å². The molecule has 4 rings (SSSR count). The smallest absolute Gasteiger partial charge is 0.280 e. The van der Waals surface area contributed by atoms with Crippen LogP contribution in [0.5, 0.6) is 11.5 Å². The molecule has 0 bridgehead atoms. The van der Waals surface area contributed by atoms with E-state index in [0.717, 1.165) is 5.56 Å². The van der Waals surface area contributed by atoms with Crippen LogP contribution >= 0.6 is 0 Å². The van der Waals surface area contributed by atoms with Gasteiger partial charge in [-0.3, -0.25) is 4.79 Å². The van der Waals surface area contributed by atoms with Gasteiger partial charge in [0.2, 0.25) is 5.82 Å². The number of carbonyl (C=O) groups excluding carboxylic acids is 1. The molecule has 0 atom stereocenters. The lowest BCUT2D eigenvalue weighted by atomic mass is 10.1. The fourth-order valence-electron chi connectivity index (χ4n) is 3.41. The number of halogens is 5. The summed E-state index contributed by atoms with van der Waals surface area (Å²) in [5.74, 6) is -11.3. The zero-order valence-electron chi connectivity index (χ0n) is 18.4. The number of carbonyl (C=O) groups is 1. The van der Waals surface area contributed by atoms with Gasteiger partial charge in [0, 0.05) is 0 Å².